The maximum Gasteiger partial charge on any atom is 0.269 e. The van der Waals surface area contributed by atoms with Gasteiger partial charge in [-0.2, -0.15) is 10.5 Å². The highest BCUT2D eigenvalue weighted by molar-refractivity contribution is 7.17. The number of nitriles is 2. The monoisotopic (exact) mass is 405 g/mol. The van der Waals surface area contributed by atoms with E-state index >= 15 is 0 Å². The zero-order valence-corrected chi connectivity index (χ0v) is 16.3. The molecular weight excluding hydrogens is 394 g/mol. The Morgan fingerprint density at radius 2 is 1.93 bits per heavy atom. The average molecular weight is 406 g/mol. The zero-order valence-electron chi connectivity index (χ0n) is 13.9. The number of hydrogen-bond acceptors (Lipinski definition) is 6. The number of aromatic nitrogens is 1. The highest BCUT2D eigenvalue weighted by Gasteiger charge is 2.11. The first kappa shape index (κ1) is 17.4. The van der Waals surface area contributed by atoms with E-state index in [2.05, 4.69) is 0 Å². The van der Waals surface area contributed by atoms with Crippen molar-refractivity contribution in [1.29, 1.82) is 10.5 Å². The van der Waals surface area contributed by atoms with Gasteiger partial charge in [0.2, 0.25) is 0 Å². The van der Waals surface area contributed by atoms with E-state index in [1.54, 1.807) is 11.3 Å². The fourth-order valence-corrected chi connectivity index (χ4v) is 5.43. The number of nitrogens with zero attached hydrogens (tertiary/aromatic N) is 3. The normalized spacial score (nSPS) is 11.4. The summed E-state index contributed by atoms with van der Waals surface area (Å²) in [7, 11) is 0. The van der Waals surface area contributed by atoms with Crippen LogP contribution in [0.5, 0.6) is 0 Å². The van der Waals surface area contributed by atoms with Gasteiger partial charge in [-0.05, 0) is 39.9 Å². The van der Waals surface area contributed by atoms with Gasteiger partial charge in [-0.25, -0.2) is 0 Å². The molecule has 4 nitrogen and oxygen atoms in total. The summed E-state index contributed by atoms with van der Waals surface area (Å²) in [5.74, 6) is 0. The average Bonchev–Trinajstić information content (AvgIpc) is 3.41. The molecule has 0 saturated carbocycles. The molecule has 0 unspecified atom stereocenters. The lowest BCUT2D eigenvalue weighted by molar-refractivity contribution is 0.765. The molecule has 0 radical (unpaired) electrons. The van der Waals surface area contributed by atoms with Gasteiger partial charge in [0.1, 0.15) is 16.8 Å². The van der Waals surface area contributed by atoms with Crippen LogP contribution in [0.3, 0.4) is 0 Å². The summed E-state index contributed by atoms with van der Waals surface area (Å²) in [5.41, 5.74) is 0.754. The van der Waals surface area contributed by atoms with Crippen LogP contribution in [-0.2, 0) is 6.54 Å². The van der Waals surface area contributed by atoms with E-state index in [1.807, 2.05) is 65.4 Å². The number of rotatable bonds is 3. The Labute approximate surface area is 166 Å². The molecule has 27 heavy (non-hydrogen) atoms. The van der Waals surface area contributed by atoms with Gasteiger partial charge < -0.3 is 0 Å². The molecule has 0 aliphatic rings. The molecule has 0 aliphatic heterocycles. The highest BCUT2D eigenvalue weighted by atomic mass is 32.1. The van der Waals surface area contributed by atoms with Crippen molar-refractivity contribution >= 4 is 55.7 Å². The fourth-order valence-electron chi connectivity index (χ4n) is 2.78. The van der Waals surface area contributed by atoms with Gasteiger partial charge in [0.05, 0.1) is 11.1 Å². The third kappa shape index (κ3) is 3.24. The maximum atomic E-state index is 13.0. The molecule has 7 heteroatoms. The van der Waals surface area contributed by atoms with Crippen molar-refractivity contribution in [3.63, 3.8) is 0 Å². The molecule has 0 bridgehead atoms. The summed E-state index contributed by atoms with van der Waals surface area (Å²) in [6.07, 6.45) is 1.85. The van der Waals surface area contributed by atoms with E-state index in [-0.39, 0.29) is 11.1 Å². The second-order valence-corrected chi connectivity index (χ2v) is 8.65. The van der Waals surface area contributed by atoms with Crippen molar-refractivity contribution in [2.45, 2.75) is 6.54 Å². The van der Waals surface area contributed by atoms with Crippen LogP contribution < -0.4 is 14.8 Å². The molecule has 0 saturated heterocycles. The molecule has 0 N–H and O–H groups in total. The fraction of sp³-hybridized carbons (Fsp3) is 0.0500. The molecular formula is C20H11N3OS3. The minimum absolute atomic E-state index is 0.0384. The first-order valence-corrected chi connectivity index (χ1v) is 10.5. The lowest BCUT2D eigenvalue weighted by atomic mass is 10.2. The molecule has 0 amide bonds. The third-order valence-corrected chi connectivity index (χ3v) is 7.01. The first-order valence-electron chi connectivity index (χ1n) is 7.95. The molecule has 0 fully saturated rings. The SMILES string of the molecule is N#CC(C#N)=c1sc(=Cc2csc3ccccc23)c(=O)n1Cc1cccs1. The Morgan fingerprint density at radius 3 is 2.67 bits per heavy atom. The van der Waals surface area contributed by atoms with Crippen molar-refractivity contribution < 1.29 is 0 Å². The number of hydrogen-bond donors (Lipinski definition) is 0. The Morgan fingerprint density at radius 1 is 1.11 bits per heavy atom. The predicted molar refractivity (Wildman–Crippen MR) is 111 cm³/mol. The van der Waals surface area contributed by atoms with Crippen molar-refractivity contribution in [3.8, 4) is 12.1 Å². The van der Waals surface area contributed by atoms with Crippen molar-refractivity contribution in [2.75, 3.05) is 0 Å². The molecule has 0 aliphatic carbocycles. The van der Waals surface area contributed by atoms with Crippen molar-refractivity contribution in [1.82, 2.24) is 4.57 Å². The van der Waals surface area contributed by atoms with Gasteiger partial charge >= 0.3 is 0 Å². The molecule has 130 valence electrons. The number of fused-ring (bicyclic) bond motifs is 1. The maximum absolute atomic E-state index is 13.0. The largest absolute Gasteiger partial charge is 0.292 e. The van der Waals surface area contributed by atoms with E-state index in [4.69, 9.17) is 0 Å². The minimum Gasteiger partial charge on any atom is -0.292 e. The molecule has 1 aromatic carbocycles. The van der Waals surface area contributed by atoms with Crippen LogP contribution in [-0.4, -0.2) is 4.57 Å². The summed E-state index contributed by atoms with van der Waals surface area (Å²) < 4.78 is 3.61. The molecule has 3 heterocycles. The second kappa shape index (κ2) is 7.34. The standard InChI is InChI=1S/C20H11N3OS3/c21-9-14(10-22)20-23(11-15-4-3-7-25-15)19(24)18(27-20)8-13-12-26-17-6-2-1-5-16(13)17/h1-8,12H,11H2. The molecule has 0 spiro atoms. The van der Waals surface area contributed by atoms with Crippen LogP contribution in [0, 0.1) is 22.7 Å². The van der Waals surface area contributed by atoms with E-state index in [0.29, 0.717) is 15.7 Å². The lowest BCUT2D eigenvalue weighted by Crippen LogP contribution is -2.32. The third-order valence-electron chi connectivity index (χ3n) is 4.04. The van der Waals surface area contributed by atoms with E-state index < -0.39 is 0 Å². The van der Waals surface area contributed by atoms with Gasteiger partial charge in [-0.15, -0.1) is 34.0 Å². The molecule has 3 aromatic heterocycles. The Hall–Kier alpha value is -2.97. The summed E-state index contributed by atoms with van der Waals surface area (Å²) in [4.78, 5) is 14.0. The predicted octanol–water partition coefficient (Wildman–Crippen LogP) is 3.26. The Kier molecular flexibility index (Phi) is 4.74. The van der Waals surface area contributed by atoms with Gasteiger partial charge in [-0.3, -0.25) is 9.36 Å². The van der Waals surface area contributed by atoms with E-state index in [9.17, 15) is 15.3 Å². The Bertz CT molecular complexity index is 1370. The quantitative estimate of drug-likeness (QED) is 0.525. The van der Waals surface area contributed by atoms with Crippen LogP contribution in [0.25, 0.3) is 21.7 Å². The molecule has 4 rings (SSSR count). The second-order valence-electron chi connectivity index (χ2n) is 5.67. The Balaban J connectivity index is 1.98. The van der Waals surface area contributed by atoms with Gasteiger partial charge in [0.25, 0.3) is 5.56 Å². The van der Waals surface area contributed by atoms with Gasteiger partial charge in [-0.1, -0.05) is 24.3 Å². The zero-order chi connectivity index (χ0) is 18.8. The molecule has 0 atom stereocenters. The highest BCUT2D eigenvalue weighted by Crippen LogP contribution is 2.25. The number of thiophene rings is 2. The topological polar surface area (TPSA) is 69.6 Å². The van der Waals surface area contributed by atoms with Crippen molar-refractivity contribution in [3.05, 3.63) is 77.1 Å². The smallest absolute Gasteiger partial charge is 0.269 e. The van der Waals surface area contributed by atoms with Crippen LogP contribution >= 0.6 is 34.0 Å². The minimum atomic E-state index is -0.179. The first-order chi connectivity index (χ1) is 13.2. The van der Waals surface area contributed by atoms with Crippen LogP contribution in [0.4, 0.5) is 0 Å². The lowest BCUT2D eigenvalue weighted by Gasteiger charge is -1.98. The van der Waals surface area contributed by atoms with E-state index in [0.717, 1.165) is 20.5 Å². The summed E-state index contributed by atoms with van der Waals surface area (Å²) in [5, 5.41) is 23.7. The summed E-state index contributed by atoms with van der Waals surface area (Å²) >= 11 is 4.36. The summed E-state index contributed by atoms with van der Waals surface area (Å²) in [6, 6.07) is 15.7. The van der Waals surface area contributed by atoms with Crippen LogP contribution in [0.15, 0.2) is 52.0 Å². The van der Waals surface area contributed by atoms with Gasteiger partial charge in [0, 0.05) is 9.58 Å². The number of thiazole rings is 1. The summed E-state index contributed by atoms with van der Waals surface area (Å²) in [6.45, 7) is 0.355. The van der Waals surface area contributed by atoms with Crippen LogP contribution in [0.2, 0.25) is 0 Å². The van der Waals surface area contributed by atoms with E-state index in [1.165, 1.54) is 27.2 Å². The number of benzene rings is 1. The molecule has 4 aromatic rings. The van der Waals surface area contributed by atoms with Crippen LogP contribution in [0.1, 0.15) is 10.4 Å². The van der Waals surface area contributed by atoms with Crippen molar-refractivity contribution in [2.24, 2.45) is 0 Å². The van der Waals surface area contributed by atoms with Gasteiger partial charge in [0.15, 0.2) is 5.57 Å².